The van der Waals surface area contributed by atoms with Gasteiger partial charge in [0.25, 0.3) is 0 Å². The lowest BCUT2D eigenvalue weighted by molar-refractivity contribution is 0.103. The molecular formula is C21H18N4O3S2. The number of amides is 1. The first-order chi connectivity index (χ1) is 14.5. The molecule has 9 heteroatoms. The molecule has 1 unspecified atom stereocenters. The molecule has 0 radical (unpaired) electrons. The fraction of sp³-hybridized carbons (Fsp3) is 0.143. The number of nitrogens with zero attached hydrogens (tertiary/aromatic N) is 3. The van der Waals surface area contributed by atoms with E-state index in [4.69, 9.17) is 5.73 Å². The second kappa shape index (κ2) is 8.70. The van der Waals surface area contributed by atoms with Crippen molar-refractivity contribution in [3.8, 4) is 0 Å². The number of rotatable bonds is 7. The van der Waals surface area contributed by atoms with Crippen LogP contribution < -0.4 is 5.73 Å². The van der Waals surface area contributed by atoms with Crippen molar-refractivity contribution in [1.29, 1.82) is 0 Å². The number of carbonyl (C=O) groups is 2. The van der Waals surface area contributed by atoms with Crippen molar-refractivity contribution in [1.82, 2.24) is 14.9 Å². The molecule has 3 N–H and O–H groups in total. The molecule has 0 saturated heterocycles. The van der Waals surface area contributed by atoms with Gasteiger partial charge in [-0.15, -0.1) is 22.7 Å². The largest absolute Gasteiger partial charge is 0.465 e. The Bertz CT molecular complexity index is 1180. The Morgan fingerprint density at radius 1 is 1.03 bits per heavy atom. The molecule has 0 saturated carbocycles. The lowest BCUT2D eigenvalue weighted by Crippen LogP contribution is -2.36. The standard InChI is InChI=1S/C21H18N4O3S2/c22-14(12-25(21(27)28)11-13-5-2-1-3-6-13)20-23-15-8-10-30-19(15)17(24-20)18(26)16-7-4-9-29-16/h1-10,14H,11-12,22H2,(H,27,28). The minimum atomic E-state index is -1.08. The van der Waals surface area contributed by atoms with E-state index in [1.807, 2.05) is 53.2 Å². The van der Waals surface area contributed by atoms with Crippen molar-refractivity contribution < 1.29 is 14.7 Å². The molecule has 4 aromatic rings. The van der Waals surface area contributed by atoms with Crippen LogP contribution in [-0.4, -0.2) is 38.4 Å². The first-order valence-corrected chi connectivity index (χ1v) is 10.9. The van der Waals surface area contributed by atoms with Gasteiger partial charge in [-0.1, -0.05) is 36.4 Å². The summed E-state index contributed by atoms with van der Waals surface area (Å²) in [5.41, 5.74) is 8.08. The number of fused-ring (bicyclic) bond motifs is 1. The predicted molar refractivity (Wildman–Crippen MR) is 117 cm³/mol. The third-order valence-electron chi connectivity index (χ3n) is 4.52. The van der Waals surface area contributed by atoms with Crippen LogP contribution in [0.15, 0.2) is 59.3 Å². The molecule has 152 valence electrons. The van der Waals surface area contributed by atoms with E-state index in [-0.39, 0.29) is 24.7 Å². The Kier molecular flexibility index (Phi) is 5.84. The topological polar surface area (TPSA) is 109 Å². The van der Waals surface area contributed by atoms with Crippen molar-refractivity contribution in [2.45, 2.75) is 12.6 Å². The van der Waals surface area contributed by atoms with Gasteiger partial charge in [-0.3, -0.25) is 4.79 Å². The van der Waals surface area contributed by atoms with Gasteiger partial charge < -0.3 is 15.7 Å². The summed E-state index contributed by atoms with van der Waals surface area (Å²) in [6.45, 7) is 0.206. The Morgan fingerprint density at radius 3 is 2.53 bits per heavy atom. The Labute approximate surface area is 180 Å². The van der Waals surface area contributed by atoms with Crippen LogP contribution in [0, 0.1) is 0 Å². The number of hydrogen-bond acceptors (Lipinski definition) is 7. The van der Waals surface area contributed by atoms with Gasteiger partial charge in [0.05, 0.1) is 21.1 Å². The minimum Gasteiger partial charge on any atom is -0.465 e. The van der Waals surface area contributed by atoms with Crippen LogP contribution >= 0.6 is 22.7 Å². The summed E-state index contributed by atoms with van der Waals surface area (Å²) in [5, 5.41) is 13.3. The number of benzene rings is 1. The highest BCUT2D eigenvalue weighted by molar-refractivity contribution is 7.17. The Morgan fingerprint density at radius 2 is 1.83 bits per heavy atom. The number of hydrogen-bond donors (Lipinski definition) is 2. The molecule has 4 rings (SSSR count). The maximum absolute atomic E-state index is 12.9. The van der Waals surface area contributed by atoms with E-state index in [1.54, 1.807) is 6.07 Å². The summed E-state index contributed by atoms with van der Waals surface area (Å²) >= 11 is 2.74. The zero-order valence-corrected chi connectivity index (χ0v) is 17.4. The Hall–Kier alpha value is -3.14. The molecule has 0 bridgehead atoms. The fourth-order valence-electron chi connectivity index (χ4n) is 3.06. The molecule has 0 aliphatic heterocycles. The number of carbonyl (C=O) groups excluding carboxylic acids is 1. The van der Waals surface area contributed by atoms with Gasteiger partial charge in [0.15, 0.2) is 0 Å². The fourth-order valence-corrected chi connectivity index (χ4v) is 4.54. The molecule has 1 amide bonds. The third kappa shape index (κ3) is 4.23. The molecule has 1 aromatic carbocycles. The number of nitrogens with two attached hydrogens (primary N) is 1. The maximum Gasteiger partial charge on any atom is 0.407 e. The summed E-state index contributed by atoms with van der Waals surface area (Å²) in [6, 6.07) is 13.9. The van der Waals surface area contributed by atoms with E-state index in [1.165, 1.54) is 27.6 Å². The minimum absolute atomic E-state index is 0.00645. The molecule has 30 heavy (non-hydrogen) atoms. The van der Waals surface area contributed by atoms with Crippen molar-refractivity contribution in [3.05, 3.63) is 81.2 Å². The molecule has 0 aliphatic rings. The smallest absolute Gasteiger partial charge is 0.407 e. The zero-order chi connectivity index (χ0) is 21.1. The number of thiophene rings is 2. The lowest BCUT2D eigenvalue weighted by Gasteiger charge is -2.22. The summed E-state index contributed by atoms with van der Waals surface area (Å²) in [5.74, 6) is 0.0628. The highest BCUT2D eigenvalue weighted by atomic mass is 32.1. The van der Waals surface area contributed by atoms with Gasteiger partial charge in [0.1, 0.15) is 11.5 Å². The van der Waals surface area contributed by atoms with E-state index in [0.29, 0.717) is 20.8 Å². The van der Waals surface area contributed by atoms with E-state index < -0.39 is 12.1 Å². The van der Waals surface area contributed by atoms with Crippen molar-refractivity contribution in [2.75, 3.05) is 6.54 Å². The Balaban J connectivity index is 1.63. The molecule has 3 heterocycles. The molecule has 3 aromatic heterocycles. The number of carboxylic acid groups (broad SMARTS) is 1. The van der Waals surface area contributed by atoms with Crippen LogP contribution in [-0.2, 0) is 6.54 Å². The van der Waals surface area contributed by atoms with Gasteiger partial charge in [-0.2, -0.15) is 0 Å². The van der Waals surface area contributed by atoms with Crippen LogP contribution in [0.3, 0.4) is 0 Å². The average molecular weight is 439 g/mol. The van der Waals surface area contributed by atoms with Crippen molar-refractivity contribution in [2.24, 2.45) is 5.73 Å². The van der Waals surface area contributed by atoms with Crippen molar-refractivity contribution >= 4 is 44.8 Å². The van der Waals surface area contributed by atoms with E-state index in [0.717, 1.165) is 5.56 Å². The first kappa shape index (κ1) is 20.1. The van der Waals surface area contributed by atoms with Crippen LogP contribution in [0.25, 0.3) is 10.2 Å². The zero-order valence-electron chi connectivity index (χ0n) is 15.8. The van der Waals surface area contributed by atoms with Gasteiger partial charge >= 0.3 is 6.09 Å². The highest BCUT2D eigenvalue weighted by Crippen LogP contribution is 2.27. The highest BCUT2D eigenvalue weighted by Gasteiger charge is 2.23. The summed E-state index contributed by atoms with van der Waals surface area (Å²) in [7, 11) is 0. The molecule has 0 aliphatic carbocycles. The van der Waals surface area contributed by atoms with Gasteiger partial charge in [-0.05, 0) is 28.5 Å². The summed E-state index contributed by atoms with van der Waals surface area (Å²) in [4.78, 5) is 35.4. The SMILES string of the molecule is NC(CN(Cc1ccccc1)C(=O)O)c1nc(C(=O)c2cccs2)c2sccc2n1. The van der Waals surface area contributed by atoms with E-state index >= 15 is 0 Å². The van der Waals surface area contributed by atoms with Gasteiger partial charge in [-0.25, -0.2) is 14.8 Å². The first-order valence-electron chi connectivity index (χ1n) is 9.13. The number of ketones is 1. The molecule has 0 spiro atoms. The molecule has 1 atom stereocenters. The summed E-state index contributed by atoms with van der Waals surface area (Å²) in [6.07, 6.45) is -1.08. The lowest BCUT2D eigenvalue weighted by atomic mass is 10.1. The van der Waals surface area contributed by atoms with Crippen molar-refractivity contribution in [3.63, 3.8) is 0 Å². The maximum atomic E-state index is 12.9. The van der Waals surface area contributed by atoms with E-state index in [2.05, 4.69) is 9.97 Å². The van der Waals surface area contributed by atoms with Gasteiger partial charge in [0, 0.05) is 13.1 Å². The average Bonchev–Trinajstić information content (AvgIpc) is 3.44. The molecule has 0 fully saturated rings. The molecular weight excluding hydrogens is 420 g/mol. The second-order valence-corrected chi connectivity index (χ2v) is 8.49. The van der Waals surface area contributed by atoms with Crippen LogP contribution in [0.4, 0.5) is 4.79 Å². The van der Waals surface area contributed by atoms with Gasteiger partial charge in [0.2, 0.25) is 5.78 Å². The third-order valence-corrected chi connectivity index (χ3v) is 6.30. The quantitative estimate of drug-likeness (QED) is 0.419. The predicted octanol–water partition coefficient (Wildman–Crippen LogP) is 4.16. The van der Waals surface area contributed by atoms with Crippen LogP contribution in [0.2, 0.25) is 0 Å². The normalized spacial score (nSPS) is 12.0. The monoisotopic (exact) mass is 438 g/mol. The van der Waals surface area contributed by atoms with Crippen LogP contribution in [0.5, 0.6) is 0 Å². The molecule has 7 nitrogen and oxygen atoms in total. The summed E-state index contributed by atoms with van der Waals surface area (Å²) < 4.78 is 0.698. The number of aromatic nitrogens is 2. The van der Waals surface area contributed by atoms with Crippen LogP contribution in [0.1, 0.15) is 32.8 Å². The second-order valence-electron chi connectivity index (χ2n) is 6.63. The van der Waals surface area contributed by atoms with E-state index in [9.17, 15) is 14.7 Å².